The van der Waals surface area contributed by atoms with Crippen LogP contribution < -0.4 is 20.3 Å². The molecule has 3 heterocycles. The molecular formula is C20H26ClN5O3. The summed E-state index contributed by atoms with van der Waals surface area (Å²) < 4.78 is 7.31. The molecule has 2 fully saturated rings. The van der Waals surface area contributed by atoms with E-state index in [1.54, 1.807) is 30.2 Å². The summed E-state index contributed by atoms with van der Waals surface area (Å²) in [5, 5.41) is 10.7. The van der Waals surface area contributed by atoms with Crippen LogP contribution in [0.3, 0.4) is 0 Å². The number of nitrogens with zero attached hydrogens (tertiary/aromatic N) is 3. The molecule has 0 bridgehead atoms. The number of anilines is 2. The van der Waals surface area contributed by atoms with Gasteiger partial charge in [-0.2, -0.15) is 5.10 Å². The number of amides is 2. The van der Waals surface area contributed by atoms with Crippen LogP contribution in [0.1, 0.15) is 42.2 Å². The van der Waals surface area contributed by atoms with E-state index in [-0.39, 0.29) is 30.3 Å². The standard InChI is InChI=1S/C20H25N5O3.ClH/c1-28-18-12-14(6-7-17(18)24-10-3-5-19(24)26)22-20(27)16-8-11-25(23-16)15-4-2-9-21-13-15;/h6-8,11-12,15,21H,2-5,9-10,13H2,1H3,(H,22,27);1H. The van der Waals surface area contributed by atoms with Crippen molar-refractivity contribution < 1.29 is 14.3 Å². The number of rotatable bonds is 5. The van der Waals surface area contributed by atoms with Gasteiger partial charge < -0.3 is 20.3 Å². The number of methoxy groups -OCH3 is 1. The Kier molecular flexibility index (Phi) is 6.76. The molecule has 2 saturated heterocycles. The van der Waals surface area contributed by atoms with Crippen LogP contribution in [0.15, 0.2) is 30.5 Å². The number of benzene rings is 1. The fourth-order valence-corrected chi connectivity index (χ4v) is 3.80. The second-order valence-electron chi connectivity index (χ2n) is 7.17. The quantitative estimate of drug-likeness (QED) is 0.777. The van der Waals surface area contributed by atoms with E-state index >= 15 is 0 Å². The first-order chi connectivity index (χ1) is 13.7. The van der Waals surface area contributed by atoms with E-state index in [0.717, 1.165) is 38.0 Å². The van der Waals surface area contributed by atoms with Gasteiger partial charge in [-0.05, 0) is 44.0 Å². The number of piperidine rings is 1. The van der Waals surface area contributed by atoms with E-state index in [4.69, 9.17) is 4.74 Å². The molecule has 2 aliphatic rings. The normalized spacial score (nSPS) is 19.0. The average molecular weight is 420 g/mol. The SMILES string of the molecule is COc1cc(NC(=O)c2ccn(C3CCCNC3)n2)ccc1N1CCCC1=O.Cl. The predicted molar refractivity (Wildman–Crippen MR) is 113 cm³/mol. The van der Waals surface area contributed by atoms with Gasteiger partial charge in [-0.1, -0.05) is 0 Å². The Morgan fingerprint density at radius 2 is 2.17 bits per heavy atom. The summed E-state index contributed by atoms with van der Waals surface area (Å²) in [5.74, 6) is 0.388. The molecule has 156 valence electrons. The smallest absolute Gasteiger partial charge is 0.276 e. The van der Waals surface area contributed by atoms with Gasteiger partial charge in [0.2, 0.25) is 5.91 Å². The third kappa shape index (κ3) is 4.54. The second kappa shape index (κ2) is 9.28. The van der Waals surface area contributed by atoms with Crippen LogP contribution in [-0.4, -0.2) is 48.3 Å². The zero-order valence-corrected chi connectivity index (χ0v) is 17.2. The summed E-state index contributed by atoms with van der Waals surface area (Å²) >= 11 is 0. The number of carbonyl (C=O) groups excluding carboxylic acids is 2. The van der Waals surface area contributed by atoms with Crippen LogP contribution >= 0.6 is 12.4 Å². The minimum atomic E-state index is -0.269. The Morgan fingerprint density at radius 3 is 2.86 bits per heavy atom. The van der Waals surface area contributed by atoms with Crippen molar-refractivity contribution in [1.82, 2.24) is 15.1 Å². The molecule has 4 rings (SSSR count). The zero-order valence-electron chi connectivity index (χ0n) is 16.4. The van der Waals surface area contributed by atoms with Crippen molar-refractivity contribution in [2.24, 2.45) is 0 Å². The van der Waals surface area contributed by atoms with E-state index in [1.165, 1.54) is 0 Å². The van der Waals surface area contributed by atoms with E-state index in [9.17, 15) is 9.59 Å². The van der Waals surface area contributed by atoms with Crippen molar-refractivity contribution in [3.05, 3.63) is 36.2 Å². The predicted octanol–water partition coefficient (Wildman–Crippen LogP) is 2.62. The van der Waals surface area contributed by atoms with Gasteiger partial charge in [-0.25, -0.2) is 0 Å². The highest BCUT2D eigenvalue weighted by atomic mass is 35.5. The van der Waals surface area contributed by atoms with Gasteiger partial charge in [0.05, 0.1) is 18.8 Å². The van der Waals surface area contributed by atoms with Crippen molar-refractivity contribution in [2.45, 2.75) is 31.7 Å². The Hall–Kier alpha value is -2.58. The number of ether oxygens (including phenoxy) is 1. The monoisotopic (exact) mass is 419 g/mol. The lowest BCUT2D eigenvalue weighted by atomic mass is 10.1. The summed E-state index contributed by atoms with van der Waals surface area (Å²) in [4.78, 5) is 26.3. The number of nitrogens with one attached hydrogen (secondary N) is 2. The first kappa shape index (κ1) is 21.1. The lowest BCUT2D eigenvalue weighted by Gasteiger charge is -2.22. The van der Waals surface area contributed by atoms with E-state index in [0.29, 0.717) is 30.1 Å². The molecule has 0 radical (unpaired) electrons. The molecule has 0 saturated carbocycles. The number of carbonyl (C=O) groups is 2. The molecule has 29 heavy (non-hydrogen) atoms. The van der Waals surface area contributed by atoms with Crippen LogP contribution in [0.25, 0.3) is 0 Å². The largest absolute Gasteiger partial charge is 0.494 e. The first-order valence-electron chi connectivity index (χ1n) is 9.71. The van der Waals surface area contributed by atoms with Gasteiger partial charge in [0.15, 0.2) is 5.69 Å². The Labute approximate surface area is 176 Å². The van der Waals surface area contributed by atoms with Gasteiger partial charge in [0.25, 0.3) is 5.91 Å². The van der Waals surface area contributed by atoms with Gasteiger partial charge in [0.1, 0.15) is 5.75 Å². The molecule has 1 aromatic heterocycles. The second-order valence-corrected chi connectivity index (χ2v) is 7.17. The Morgan fingerprint density at radius 1 is 1.31 bits per heavy atom. The lowest BCUT2D eigenvalue weighted by molar-refractivity contribution is -0.117. The molecule has 2 aliphatic heterocycles. The molecule has 8 nitrogen and oxygen atoms in total. The molecule has 1 aromatic carbocycles. The number of hydrogen-bond acceptors (Lipinski definition) is 5. The van der Waals surface area contributed by atoms with Crippen LogP contribution in [0.4, 0.5) is 11.4 Å². The third-order valence-electron chi connectivity index (χ3n) is 5.29. The maximum atomic E-state index is 12.6. The minimum absolute atomic E-state index is 0. The number of halogens is 1. The van der Waals surface area contributed by atoms with Crippen LogP contribution in [0.5, 0.6) is 5.75 Å². The highest BCUT2D eigenvalue weighted by molar-refractivity contribution is 6.03. The van der Waals surface area contributed by atoms with E-state index in [2.05, 4.69) is 15.7 Å². The number of hydrogen-bond donors (Lipinski definition) is 2. The molecular weight excluding hydrogens is 394 g/mol. The maximum Gasteiger partial charge on any atom is 0.276 e. The zero-order chi connectivity index (χ0) is 19.5. The molecule has 9 heteroatoms. The van der Waals surface area contributed by atoms with Crippen molar-refractivity contribution >= 4 is 35.6 Å². The van der Waals surface area contributed by atoms with Gasteiger partial charge in [0, 0.05) is 37.5 Å². The highest BCUT2D eigenvalue weighted by Crippen LogP contribution is 2.34. The summed E-state index contributed by atoms with van der Waals surface area (Å²) in [7, 11) is 1.56. The first-order valence-corrected chi connectivity index (χ1v) is 9.71. The van der Waals surface area contributed by atoms with Crippen molar-refractivity contribution in [3.8, 4) is 5.75 Å². The maximum absolute atomic E-state index is 12.6. The van der Waals surface area contributed by atoms with Crippen molar-refractivity contribution in [1.29, 1.82) is 0 Å². The van der Waals surface area contributed by atoms with Crippen LogP contribution in [0, 0.1) is 0 Å². The third-order valence-corrected chi connectivity index (χ3v) is 5.29. The average Bonchev–Trinajstić information content (AvgIpc) is 3.38. The number of aromatic nitrogens is 2. The lowest BCUT2D eigenvalue weighted by Crippen LogP contribution is -2.32. The highest BCUT2D eigenvalue weighted by Gasteiger charge is 2.25. The molecule has 0 aliphatic carbocycles. The summed E-state index contributed by atoms with van der Waals surface area (Å²) in [6, 6.07) is 7.35. The molecule has 0 spiro atoms. The summed E-state index contributed by atoms with van der Waals surface area (Å²) in [6.45, 7) is 2.59. The fourth-order valence-electron chi connectivity index (χ4n) is 3.80. The molecule has 1 atom stereocenters. The summed E-state index contributed by atoms with van der Waals surface area (Å²) in [5.41, 5.74) is 1.71. The minimum Gasteiger partial charge on any atom is -0.494 e. The van der Waals surface area contributed by atoms with Crippen molar-refractivity contribution in [3.63, 3.8) is 0 Å². The van der Waals surface area contributed by atoms with Gasteiger partial charge >= 0.3 is 0 Å². The molecule has 2 amide bonds. The van der Waals surface area contributed by atoms with Gasteiger partial charge in [-0.3, -0.25) is 14.3 Å². The van der Waals surface area contributed by atoms with Gasteiger partial charge in [-0.15, -0.1) is 12.4 Å². The van der Waals surface area contributed by atoms with E-state index < -0.39 is 0 Å². The van der Waals surface area contributed by atoms with Crippen molar-refractivity contribution in [2.75, 3.05) is 37.0 Å². The topological polar surface area (TPSA) is 88.5 Å². The van der Waals surface area contributed by atoms with E-state index in [1.807, 2.05) is 16.9 Å². The van der Waals surface area contributed by atoms with Crippen LogP contribution in [-0.2, 0) is 4.79 Å². The molecule has 2 N–H and O–H groups in total. The Bertz CT molecular complexity index is 879. The molecule has 1 unspecified atom stereocenters. The molecule has 2 aromatic rings. The summed E-state index contributed by atoms with van der Waals surface area (Å²) in [6.07, 6.45) is 5.43. The fraction of sp³-hybridized carbons (Fsp3) is 0.450. The van der Waals surface area contributed by atoms with Crippen LogP contribution in [0.2, 0.25) is 0 Å². The Balaban J connectivity index is 0.00000240.